The molecule has 1 aromatic heterocycles. The van der Waals surface area contributed by atoms with Crippen molar-refractivity contribution in [2.45, 2.75) is 39.7 Å². The molecule has 0 bridgehead atoms. The van der Waals surface area contributed by atoms with E-state index in [0.717, 1.165) is 43.1 Å². The van der Waals surface area contributed by atoms with Gasteiger partial charge in [-0.15, -0.1) is 11.3 Å². The number of thiazole rings is 1. The highest BCUT2D eigenvalue weighted by Gasteiger charge is 2.25. The van der Waals surface area contributed by atoms with Gasteiger partial charge in [-0.2, -0.15) is 0 Å². The molecule has 24 heavy (non-hydrogen) atoms. The number of nitrogens with zero attached hydrogens (tertiary/aromatic N) is 2. The topological polar surface area (TPSA) is 42.4 Å². The van der Waals surface area contributed by atoms with Gasteiger partial charge in [0.15, 0.2) is 0 Å². The van der Waals surface area contributed by atoms with Crippen LogP contribution in [-0.4, -0.2) is 41.6 Å². The Morgan fingerprint density at radius 1 is 1.33 bits per heavy atom. The quantitative estimate of drug-likeness (QED) is 0.840. The van der Waals surface area contributed by atoms with E-state index in [-0.39, 0.29) is 5.91 Å². The molecule has 1 aliphatic rings. The molecule has 0 unspecified atom stereocenters. The number of carbonyl (C=O) groups is 1. The smallest absolute Gasteiger partial charge is 0.273 e. The number of carbonyl (C=O) groups excluding carboxylic acids is 1. The normalized spacial score (nSPS) is 15.7. The van der Waals surface area contributed by atoms with Crippen LogP contribution < -0.4 is 0 Å². The maximum atomic E-state index is 12.7. The molecule has 3 rings (SSSR count). The highest BCUT2D eigenvalue weighted by atomic mass is 32.1. The Balaban J connectivity index is 1.70. The van der Waals surface area contributed by atoms with Crippen LogP contribution in [0.2, 0.25) is 0 Å². The molecule has 0 atom stereocenters. The molecule has 1 amide bonds. The van der Waals surface area contributed by atoms with Crippen molar-refractivity contribution in [1.29, 1.82) is 0 Å². The molecular weight excluding hydrogens is 320 g/mol. The highest BCUT2D eigenvalue weighted by molar-refractivity contribution is 7.13. The molecule has 2 aromatic rings. The maximum absolute atomic E-state index is 12.7. The van der Waals surface area contributed by atoms with E-state index < -0.39 is 0 Å². The van der Waals surface area contributed by atoms with Gasteiger partial charge in [-0.05, 0) is 39.2 Å². The van der Waals surface area contributed by atoms with Crippen molar-refractivity contribution in [2.75, 3.05) is 19.7 Å². The summed E-state index contributed by atoms with van der Waals surface area (Å²) in [5.41, 5.74) is 4.10. The molecule has 4 nitrogen and oxygen atoms in total. The molecule has 0 N–H and O–H groups in total. The molecule has 0 aliphatic carbocycles. The maximum Gasteiger partial charge on any atom is 0.273 e. The van der Waals surface area contributed by atoms with Gasteiger partial charge in [-0.25, -0.2) is 4.98 Å². The molecule has 128 valence electrons. The zero-order chi connectivity index (χ0) is 17.1. The summed E-state index contributed by atoms with van der Waals surface area (Å²) in [6.45, 7) is 8.42. The van der Waals surface area contributed by atoms with Crippen molar-refractivity contribution in [1.82, 2.24) is 9.88 Å². The number of amides is 1. The molecule has 1 aliphatic heterocycles. The Kier molecular flexibility index (Phi) is 5.31. The summed E-state index contributed by atoms with van der Waals surface area (Å²) in [4.78, 5) is 19.2. The van der Waals surface area contributed by atoms with Crippen molar-refractivity contribution in [3.05, 3.63) is 40.4 Å². The van der Waals surface area contributed by atoms with Crippen LogP contribution >= 0.6 is 11.3 Å². The predicted molar refractivity (Wildman–Crippen MR) is 97.6 cm³/mol. The molecule has 0 spiro atoms. The molecule has 1 aromatic carbocycles. The third-order valence-corrected chi connectivity index (χ3v) is 5.34. The molecule has 1 saturated heterocycles. The fourth-order valence-corrected chi connectivity index (χ4v) is 4.06. The van der Waals surface area contributed by atoms with Crippen LogP contribution in [0.3, 0.4) is 0 Å². The van der Waals surface area contributed by atoms with Gasteiger partial charge in [0.05, 0.1) is 6.10 Å². The van der Waals surface area contributed by atoms with Gasteiger partial charge in [0, 0.05) is 30.6 Å². The molecule has 5 heteroatoms. The van der Waals surface area contributed by atoms with Gasteiger partial charge in [-0.1, -0.05) is 23.8 Å². The summed E-state index contributed by atoms with van der Waals surface area (Å²) in [6, 6.07) is 6.33. The second-order valence-corrected chi connectivity index (χ2v) is 7.16. The van der Waals surface area contributed by atoms with Crippen LogP contribution in [0.5, 0.6) is 0 Å². The van der Waals surface area contributed by atoms with E-state index in [1.165, 1.54) is 11.1 Å². The minimum atomic E-state index is 0.0391. The molecule has 1 fully saturated rings. The van der Waals surface area contributed by atoms with Crippen molar-refractivity contribution >= 4 is 17.2 Å². The first-order valence-electron chi connectivity index (χ1n) is 8.52. The first-order valence-corrected chi connectivity index (χ1v) is 9.40. The van der Waals surface area contributed by atoms with E-state index >= 15 is 0 Å². The fourth-order valence-electron chi connectivity index (χ4n) is 3.17. The van der Waals surface area contributed by atoms with Gasteiger partial charge in [-0.3, -0.25) is 4.79 Å². The first kappa shape index (κ1) is 17.1. The first-order chi connectivity index (χ1) is 11.6. The summed E-state index contributed by atoms with van der Waals surface area (Å²) in [7, 11) is 0. The number of hydrogen-bond acceptors (Lipinski definition) is 4. The lowest BCUT2D eigenvalue weighted by Gasteiger charge is -2.31. The van der Waals surface area contributed by atoms with Crippen LogP contribution in [0.1, 0.15) is 41.4 Å². The predicted octanol–water partition coefficient (Wildman–Crippen LogP) is 4.07. The van der Waals surface area contributed by atoms with Gasteiger partial charge in [0.2, 0.25) is 0 Å². The standard InChI is InChI=1S/C19H24N2O2S/c1-4-23-15-7-9-21(10-8-15)19(22)17-12-24-18(20-17)16-6-5-13(2)11-14(16)3/h5-6,11-12,15H,4,7-10H2,1-3H3. The lowest BCUT2D eigenvalue weighted by Crippen LogP contribution is -2.41. The summed E-state index contributed by atoms with van der Waals surface area (Å²) in [6.07, 6.45) is 2.11. The van der Waals surface area contributed by atoms with Gasteiger partial charge in [0.25, 0.3) is 5.91 Å². The van der Waals surface area contributed by atoms with Crippen molar-refractivity contribution in [2.24, 2.45) is 0 Å². The Morgan fingerprint density at radius 3 is 2.75 bits per heavy atom. The minimum absolute atomic E-state index is 0.0391. The summed E-state index contributed by atoms with van der Waals surface area (Å²) < 4.78 is 5.65. The Morgan fingerprint density at radius 2 is 2.08 bits per heavy atom. The largest absolute Gasteiger partial charge is 0.378 e. The summed E-state index contributed by atoms with van der Waals surface area (Å²) in [5.74, 6) is 0.0391. The van der Waals surface area contributed by atoms with Crippen LogP contribution in [0, 0.1) is 13.8 Å². The summed E-state index contributed by atoms with van der Waals surface area (Å²) >= 11 is 1.54. The van der Waals surface area contributed by atoms with E-state index in [2.05, 4.69) is 37.0 Å². The lowest BCUT2D eigenvalue weighted by molar-refractivity contribution is 0.0144. The SMILES string of the molecule is CCOC1CCN(C(=O)c2csc(-c3ccc(C)cc3C)n2)CC1. The average Bonchev–Trinajstić information content (AvgIpc) is 3.05. The second-order valence-electron chi connectivity index (χ2n) is 6.30. The zero-order valence-electron chi connectivity index (χ0n) is 14.5. The van der Waals surface area contributed by atoms with E-state index in [0.29, 0.717) is 11.8 Å². The van der Waals surface area contributed by atoms with Gasteiger partial charge < -0.3 is 9.64 Å². The number of hydrogen-bond donors (Lipinski definition) is 0. The number of ether oxygens (including phenoxy) is 1. The average molecular weight is 344 g/mol. The van der Waals surface area contributed by atoms with E-state index in [9.17, 15) is 4.79 Å². The van der Waals surface area contributed by atoms with Gasteiger partial charge in [0.1, 0.15) is 10.7 Å². The fraction of sp³-hybridized carbons (Fsp3) is 0.474. The van der Waals surface area contributed by atoms with Crippen LogP contribution in [0.15, 0.2) is 23.6 Å². The van der Waals surface area contributed by atoms with Crippen molar-refractivity contribution in [3.8, 4) is 10.6 Å². The van der Waals surface area contributed by atoms with Crippen LogP contribution in [0.25, 0.3) is 10.6 Å². The molecule has 2 heterocycles. The number of benzene rings is 1. The Hall–Kier alpha value is -1.72. The monoisotopic (exact) mass is 344 g/mol. The van der Waals surface area contributed by atoms with Crippen LogP contribution in [-0.2, 0) is 4.74 Å². The Bertz CT molecular complexity index is 718. The number of likely N-dealkylation sites (tertiary alicyclic amines) is 1. The van der Waals surface area contributed by atoms with E-state index in [1.807, 2.05) is 17.2 Å². The number of aromatic nitrogens is 1. The Labute approximate surface area is 147 Å². The molecule has 0 radical (unpaired) electrons. The second kappa shape index (κ2) is 7.45. The number of rotatable bonds is 4. The number of aryl methyl sites for hydroxylation is 2. The van der Waals surface area contributed by atoms with E-state index in [4.69, 9.17) is 4.74 Å². The summed E-state index contributed by atoms with van der Waals surface area (Å²) in [5, 5.41) is 2.80. The molecule has 0 saturated carbocycles. The van der Waals surface area contributed by atoms with E-state index in [1.54, 1.807) is 11.3 Å². The minimum Gasteiger partial charge on any atom is -0.378 e. The zero-order valence-corrected chi connectivity index (χ0v) is 15.4. The third-order valence-electron chi connectivity index (χ3n) is 4.47. The highest BCUT2D eigenvalue weighted by Crippen LogP contribution is 2.28. The van der Waals surface area contributed by atoms with Crippen molar-refractivity contribution in [3.63, 3.8) is 0 Å². The van der Waals surface area contributed by atoms with Crippen LogP contribution in [0.4, 0.5) is 0 Å². The lowest BCUT2D eigenvalue weighted by atomic mass is 10.1. The van der Waals surface area contributed by atoms with Gasteiger partial charge >= 0.3 is 0 Å². The third kappa shape index (κ3) is 3.68. The number of piperidine rings is 1. The van der Waals surface area contributed by atoms with Crippen molar-refractivity contribution < 1.29 is 9.53 Å². The molecular formula is C19H24N2O2S.